The molecule has 232 valence electrons. The maximum atomic E-state index is 14.3. The summed E-state index contributed by atoms with van der Waals surface area (Å²) >= 11 is 7.67. The van der Waals surface area contributed by atoms with Crippen LogP contribution in [0.2, 0.25) is 5.02 Å². The van der Waals surface area contributed by atoms with Gasteiger partial charge in [-0.15, -0.1) is 11.3 Å². The van der Waals surface area contributed by atoms with Crippen molar-refractivity contribution in [1.82, 2.24) is 4.98 Å². The van der Waals surface area contributed by atoms with Crippen LogP contribution in [-0.4, -0.2) is 67.2 Å². The van der Waals surface area contributed by atoms with Crippen molar-refractivity contribution in [2.75, 3.05) is 38.9 Å². The minimum atomic E-state index is -1.17. The Morgan fingerprint density at radius 3 is 2.65 bits per heavy atom. The van der Waals surface area contributed by atoms with Gasteiger partial charge in [-0.25, -0.2) is 4.98 Å². The number of halogens is 1. The second-order valence-electron chi connectivity index (χ2n) is 10.9. The molecule has 1 aromatic heterocycles. The first kappa shape index (κ1) is 32.7. The third-order valence-corrected chi connectivity index (χ3v) is 8.29. The van der Waals surface area contributed by atoms with Gasteiger partial charge in [-0.1, -0.05) is 37.6 Å². The van der Waals surface area contributed by atoms with E-state index in [4.69, 9.17) is 30.5 Å². The molecule has 0 saturated carbocycles. The zero-order valence-electron chi connectivity index (χ0n) is 24.8. The lowest BCUT2D eigenvalue weighted by Gasteiger charge is -2.33. The van der Waals surface area contributed by atoms with Gasteiger partial charge in [0.05, 0.1) is 32.9 Å². The molecule has 10 nitrogen and oxygen atoms in total. The van der Waals surface area contributed by atoms with Crippen molar-refractivity contribution in [3.05, 3.63) is 68.6 Å². The molecule has 3 atom stereocenters. The van der Waals surface area contributed by atoms with E-state index < -0.39 is 35.6 Å². The van der Waals surface area contributed by atoms with E-state index in [2.05, 4.69) is 4.98 Å². The molecule has 43 heavy (non-hydrogen) atoms. The van der Waals surface area contributed by atoms with Gasteiger partial charge >= 0.3 is 5.97 Å². The third kappa shape index (κ3) is 7.47. The standard InChI is InChI=1S/C31H37ClN2O8S/c1-6-41-26(37)13-19-15-43-29(33-19)23(36)14-25-30(38)34(16-31(2,3)17-35)22-11-10-18(32)12-21(22)27(42-25)20-8-7-9-24(39-4)28(20)40-5/h7-12,15,23,25,27,35-36H,6,13-14,16-17H2,1-5H3/t23?,25-,27-/m1/s1. The molecule has 3 aromatic rings. The minimum absolute atomic E-state index is 0.0201. The Morgan fingerprint density at radius 1 is 1.21 bits per heavy atom. The number of methoxy groups -OCH3 is 2. The molecule has 0 bridgehead atoms. The average Bonchev–Trinajstić information content (AvgIpc) is 3.42. The number of fused-ring (bicyclic) bond motifs is 1. The Balaban J connectivity index is 1.78. The van der Waals surface area contributed by atoms with Gasteiger partial charge in [0.15, 0.2) is 11.5 Å². The summed E-state index contributed by atoms with van der Waals surface area (Å²) in [5.74, 6) is 0.108. The predicted octanol–water partition coefficient (Wildman–Crippen LogP) is 4.88. The maximum Gasteiger partial charge on any atom is 0.311 e. The van der Waals surface area contributed by atoms with Crippen molar-refractivity contribution >= 4 is 40.5 Å². The normalized spacial score (nSPS) is 17.7. The van der Waals surface area contributed by atoms with Crippen LogP contribution in [-0.2, 0) is 25.5 Å². The molecule has 0 spiro atoms. The van der Waals surface area contributed by atoms with Crippen LogP contribution in [0.15, 0.2) is 41.8 Å². The highest BCUT2D eigenvalue weighted by molar-refractivity contribution is 7.09. The molecule has 2 heterocycles. The molecule has 0 aliphatic carbocycles. The van der Waals surface area contributed by atoms with Crippen LogP contribution in [0.4, 0.5) is 5.69 Å². The van der Waals surface area contributed by atoms with Crippen molar-refractivity contribution < 1.29 is 38.7 Å². The summed E-state index contributed by atoms with van der Waals surface area (Å²) in [6.07, 6.45) is -3.27. The summed E-state index contributed by atoms with van der Waals surface area (Å²) in [4.78, 5) is 32.2. The quantitative estimate of drug-likeness (QED) is 0.269. The number of para-hydroxylation sites is 1. The van der Waals surface area contributed by atoms with Gasteiger partial charge in [0, 0.05) is 52.2 Å². The van der Waals surface area contributed by atoms with Crippen molar-refractivity contribution in [2.45, 2.75) is 51.9 Å². The summed E-state index contributed by atoms with van der Waals surface area (Å²) in [5.41, 5.74) is 1.60. The number of carbonyl (C=O) groups excluding carboxylic acids is 2. The fourth-order valence-corrected chi connectivity index (χ4v) is 5.94. The predicted molar refractivity (Wildman–Crippen MR) is 163 cm³/mol. The van der Waals surface area contributed by atoms with Gasteiger partial charge in [0.2, 0.25) is 0 Å². The summed E-state index contributed by atoms with van der Waals surface area (Å²) in [6.45, 7) is 5.71. The van der Waals surface area contributed by atoms with Gasteiger partial charge in [0.1, 0.15) is 23.3 Å². The van der Waals surface area contributed by atoms with Crippen LogP contribution in [0, 0.1) is 5.41 Å². The highest BCUT2D eigenvalue weighted by Crippen LogP contribution is 2.46. The summed E-state index contributed by atoms with van der Waals surface area (Å²) in [5, 5.41) is 23.8. The van der Waals surface area contributed by atoms with Crippen molar-refractivity contribution in [3.63, 3.8) is 0 Å². The highest BCUT2D eigenvalue weighted by Gasteiger charge is 2.41. The smallest absolute Gasteiger partial charge is 0.311 e. The molecule has 4 rings (SSSR count). The number of nitrogens with zero attached hydrogens (tertiary/aromatic N) is 2. The fraction of sp³-hybridized carbons (Fsp3) is 0.452. The largest absolute Gasteiger partial charge is 0.493 e. The van der Waals surface area contributed by atoms with Gasteiger partial charge in [0.25, 0.3) is 5.91 Å². The van der Waals surface area contributed by atoms with Gasteiger partial charge in [-0.3, -0.25) is 9.59 Å². The van der Waals surface area contributed by atoms with E-state index in [1.54, 1.807) is 47.5 Å². The van der Waals surface area contributed by atoms with E-state index in [9.17, 15) is 19.8 Å². The third-order valence-electron chi connectivity index (χ3n) is 7.06. The van der Waals surface area contributed by atoms with Crippen LogP contribution in [0.25, 0.3) is 0 Å². The Kier molecular flexibility index (Phi) is 10.7. The molecule has 0 fully saturated rings. The monoisotopic (exact) mass is 632 g/mol. The number of aliphatic hydroxyl groups excluding tert-OH is 2. The first-order chi connectivity index (χ1) is 20.5. The SMILES string of the molecule is CCOC(=O)Cc1csc(C(O)C[C@H]2O[C@H](c3cccc(OC)c3OC)c3cc(Cl)ccc3N(CC(C)(C)CO)C2=O)n1. The molecule has 1 aliphatic rings. The van der Waals surface area contributed by atoms with Crippen molar-refractivity contribution in [3.8, 4) is 11.5 Å². The topological polar surface area (TPSA) is 128 Å². The Hall–Kier alpha value is -3.22. The zero-order chi connectivity index (χ0) is 31.3. The first-order valence-corrected chi connectivity index (χ1v) is 15.1. The average molecular weight is 633 g/mol. The number of rotatable bonds is 12. The molecular formula is C31H37ClN2O8S. The number of ether oxygens (including phenoxy) is 4. The molecule has 1 unspecified atom stereocenters. The van der Waals surface area contributed by atoms with Crippen molar-refractivity contribution in [2.24, 2.45) is 5.41 Å². The van der Waals surface area contributed by atoms with E-state index in [0.29, 0.717) is 44.0 Å². The molecule has 1 amide bonds. The molecule has 0 radical (unpaired) electrons. The van der Waals surface area contributed by atoms with E-state index in [-0.39, 0.29) is 32.6 Å². The Morgan fingerprint density at radius 2 is 1.98 bits per heavy atom. The second kappa shape index (κ2) is 14.0. The summed E-state index contributed by atoms with van der Waals surface area (Å²) in [7, 11) is 3.06. The molecule has 2 aromatic carbocycles. The number of amides is 1. The lowest BCUT2D eigenvalue weighted by Crippen LogP contribution is -2.45. The van der Waals surface area contributed by atoms with E-state index in [0.717, 1.165) is 0 Å². The van der Waals surface area contributed by atoms with Gasteiger partial charge < -0.3 is 34.1 Å². The second-order valence-corrected chi connectivity index (χ2v) is 12.3. The van der Waals surface area contributed by atoms with Gasteiger partial charge in [-0.2, -0.15) is 0 Å². The Labute approximate surface area is 260 Å². The molecule has 12 heteroatoms. The number of hydrogen-bond acceptors (Lipinski definition) is 10. The summed E-state index contributed by atoms with van der Waals surface area (Å²) < 4.78 is 22.9. The maximum absolute atomic E-state index is 14.3. The lowest BCUT2D eigenvalue weighted by atomic mass is 9.92. The van der Waals surface area contributed by atoms with Crippen LogP contribution < -0.4 is 14.4 Å². The minimum Gasteiger partial charge on any atom is -0.493 e. The molecule has 1 aliphatic heterocycles. The highest BCUT2D eigenvalue weighted by atomic mass is 35.5. The number of esters is 1. The molecule has 2 N–H and O–H groups in total. The fourth-order valence-electron chi connectivity index (χ4n) is 4.95. The lowest BCUT2D eigenvalue weighted by molar-refractivity contribution is -0.142. The van der Waals surface area contributed by atoms with Crippen molar-refractivity contribution in [1.29, 1.82) is 0 Å². The van der Waals surface area contributed by atoms with Crippen LogP contribution in [0.3, 0.4) is 0 Å². The van der Waals surface area contributed by atoms with E-state index in [1.807, 2.05) is 19.9 Å². The van der Waals surface area contributed by atoms with Crippen LogP contribution in [0.1, 0.15) is 61.2 Å². The van der Waals surface area contributed by atoms with Crippen LogP contribution in [0.5, 0.6) is 11.5 Å². The molecule has 0 saturated heterocycles. The van der Waals surface area contributed by atoms with Gasteiger partial charge in [-0.05, 0) is 31.2 Å². The number of aromatic nitrogens is 1. The number of aliphatic hydroxyl groups is 2. The van der Waals surface area contributed by atoms with E-state index >= 15 is 0 Å². The number of hydrogen-bond donors (Lipinski definition) is 2. The first-order valence-electron chi connectivity index (χ1n) is 13.9. The zero-order valence-corrected chi connectivity index (χ0v) is 26.4. The number of anilines is 1. The molecular weight excluding hydrogens is 596 g/mol. The number of carbonyl (C=O) groups is 2. The Bertz CT molecular complexity index is 1440. The number of benzene rings is 2. The van der Waals surface area contributed by atoms with Crippen LogP contribution >= 0.6 is 22.9 Å². The summed E-state index contributed by atoms with van der Waals surface area (Å²) in [6, 6.07) is 10.6. The number of thiazole rings is 1. The van der Waals surface area contributed by atoms with E-state index in [1.165, 1.54) is 25.6 Å².